The molecule has 5 nitrogen and oxygen atoms in total. The van der Waals surface area contributed by atoms with E-state index in [2.05, 4.69) is 34.3 Å². The molecule has 0 spiro atoms. The van der Waals surface area contributed by atoms with E-state index in [1.165, 1.54) is 37.7 Å². The van der Waals surface area contributed by atoms with Crippen LogP contribution in [-0.4, -0.2) is 61.5 Å². The second kappa shape index (κ2) is 9.49. The van der Waals surface area contributed by atoms with Gasteiger partial charge in [-0.3, -0.25) is 9.69 Å². The van der Waals surface area contributed by atoms with E-state index in [4.69, 9.17) is 5.73 Å². The molecule has 144 valence electrons. The van der Waals surface area contributed by atoms with E-state index in [0.29, 0.717) is 12.5 Å². The summed E-state index contributed by atoms with van der Waals surface area (Å²) in [5.74, 6) is 0.548. The third-order valence-electron chi connectivity index (χ3n) is 6.01. The van der Waals surface area contributed by atoms with Gasteiger partial charge in [-0.25, -0.2) is 0 Å². The van der Waals surface area contributed by atoms with Gasteiger partial charge in [0.05, 0.1) is 0 Å². The molecule has 1 saturated heterocycles. The van der Waals surface area contributed by atoms with Crippen molar-refractivity contribution in [2.45, 2.75) is 44.7 Å². The Morgan fingerprint density at radius 2 is 1.77 bits per heavy atom. The Morgan fingerprint density at radius 1 is 1.12 bits per heavy atom. The number of nitrogens with two attached hydrogens (primary N) is 1. The summed E-state index contributed by atoms with van der Waals surface area (Å²) in [4.78, 5) is 17.5. The summed E-state index contributed by atoms with van der Waals surface area (Å²) in [5, 5.41) is 3.18. The lowest BCUT2D eigenvalue weighted by Gasteiger charge is -2.32. The van der Waals surface area contributed by atoms with Crippen LogP contribution in [0.4, 0.5) is 0 Å². The summed E-state index contributed by atoms with van der Waals surface area (Å²) in [6, 6.07) is 8.19. The summed E-state index contributed by atoms with van der Waals surface area (Å²) >= 11 is 0. The Bertz CT molecular complexity index is 560. The van der Waals surface area contributed by atoms with Gasteiger partial charge in [-0.1, -0.05) is 31.4 Å². The number of piperazine rings is 1. The molecule has 2 fully saturated rings. The molecule has 5 heteroatoms. The Morgan fingerprint density at radius 3 is 2.38 bits per heavy atom. The minimum atomic E-state index is 0.0113. The van der Waals surface area contributed by atoms with Gasteiger partial charge in [0.2, 0.25) is 0 Å². The normalized spacial score (nSPS) is 21.5. The lowest BCUT2D eigenvalue weighted by atomic mass is 9.84. The van der Waals surface area contributed by atoms with E-state index in [9.17, 15) is 4.79 Å². The first-order chi connectivity index (χ1) is 12.7. The van der Waals surface area contributed by atoms with Crippen LogP contribution in [-0.2, 0) is 6.54 Å². The Kier molecular flexibility index (Phi) is 7.06. The molecule has 1 amide bonds. The number of carbonyl (C=O) groups is 1. The number of benzene rings is 1. The molecule has 1 aromatic carbocycles. The molecule has 0 bridgehead atoms. The van der Waals surface area contributed by atoms with Crippen molar-refractivity contribution in [2.24, 2.45) is 11.7 Å². The van der Waals surface area contributed by atoms with Gasteiger partial charge in [0, 0.05) is 50.9 Å². The maximum atomic E-state index is 12.6. The highest BCUT2D eigenvalue weighted by Gasteiger charge is 2.24. The number of hydrogen-bond donors (Lipinski definition) is 2. The van der Waals surface area contributed by atoms with E-state index in [1.807, 2.05) is 12.1 Å². The molecular formula is C21H34N4O. The molecule has 3 N–H and O–H groups in total. The summed E-state index contributed by atoms with van der Waals surface area (Å²) in [5.41, 5.74) is 7.95. The van der Waals surface area contributed by atoms with Crippen LogP contribution in [0.15, 0.2) is 24.3 Å². The van der Waals surface area contributed by atoms with Gasteiger partial charge in [0.25, 0.3) is 5.91 Å². The zero-order valence-electron chi connectivity index (χ0n) is 16.1. The van der Waals surface area contributed by atoms with Crippen LogP contribution in [0.2, 0.25) is 0 Å². The van der Waals surface area contributed by atoms with E-state index in [0.717, 1.165) is 38.3 Å². The highest BCUT2D eigenvalue weighted by molar-refractivity contribution is 5.94. The lowest BCUT2D eigenvalue weighted by Crippen LogP contribution is -2.45. The topological polar surface area (TPSA) is 61.6 Å². The van der Waals surface area contributed by atoms with Crippen molar-refractivity contribution < 1.29 is 4.79 Å². The fourth-order valence-electron chi connectivity index (χ4n) is 4.18. The maximum Gasteiger partial charge on any atom is 0.251 e. The summed E-state index contributed by atoms with van der Waals surface area (Å²) < 4.78 is 0. The van der Waals surface area contributed by atoms with E-state index < -0.39 is 0 Å². The molecule has 2 aliphatic rings. The predicted molar refractivity (Wildman–Crippen MR) is 106 cm³/mol. The van der Waals surface area contributed by atoms with Crippen LogP contribution in [0.25, 0.3) is 0 Å². The van der Waals surface area contributed by atoms with Gasteiger partial charge < -0.3 is 16.0 Å². The van der Waals surface area contributed by atoms with Gasteiger partial charge in [-0.15, -0.1) is 0 Å². The van der Waals surface area contributed by atoms with Gasteiger partial charge >= 0.3 is 0 Å². The minimum absolute atomic E-state index is 0.0113. The van der Waals surface area contributed by atoms with Crippen LogP contribution >= 0.6 is 0 Å². The molecule has 1 unspecified atom stereocenters. The first-order valence-corrected chi connectivity index (χ1v) is 10.2. The molecule has 1 atom stereocenters. The summed E-state index contributed by atoms with van der Waals surface area (Å²) in [6.45, 7) is 5.96. The predicted octanol–water partition coefficient (Wildman–Crippen LogP) is 2.07. The minimum Gasteiger partial charge on any atom is -0.348 e. The monoisotopic (exact) mass is 358 g/mol. The first-order valence-electron chi connectivity index (χ1n) is 10.2. The van der Waals surface area contributed by atoms with Crippen LogP contribution in [0.5, 0.6) is 0 Å². The molecule has 0 aromatic heterocycles. The lowest BCUT2D eigenvalue weighted by molar-refractivity contribution is 0.0915. The fourth-order valence-corrected chi connectivity index (χ4v) is 4.18. The first kappa shape index (κ1) is 19.3. The van der Waals surface area contributed by atoms with Crippen molar-refractivity contribution in [1.29, 1.82) is 0 Å². The number of amides is 1. The van der Waals surface area contributed by atoms with Crippen molar-refractivity contribution in [1.82, 2.24) is 15.1 Å². The molecule has 3 rings (SSSR count). The number of carbonyl (C=O) groups excluding carboxylic acids is 1. The number of nitrogens with one attached hydrogen (secondary N) is 1. The van der Waals surface area contributed by atoms with Crippen molar-refractivity contribution in [3.63, 3.8) is 0 Å². The summed E-state index contributed by atoms with van der Waals surface area (Å²) in [6.07, 6.45) is 6.21. The number of rotatable bonds is 6. The van der Waals surface area contributed by atoms with E-state index in [-0.39, 0.29) is 11.9 Å². The SMILES string of the molecule is CN1CCN(Cc2ccc(C(=O)NC(CN)C3CCCCC3)cc2)CC1. The van der Waals surface area contributed by atoms with Crippen LogP contribution in [0.3, 0.4) is 0 Å². The molecule has 1 aliphatic carbocycles. The highest BCUT2D eigenvalue weighted by atomic mass is 16.1. The van der Waals surface area contributed by atoms with Crippen molar-refractivity contribution in [3.05, 3.63) is 35.4 Å². The molecule has 1 saturated carbocycles. The van der Waals surface area contributed by atoms with Crippen molar-refractivity contribution in [2.75, 3.05) is 39.8 Å². The average molecular weight is 359 g/mol. The van der Waals surface area contributed by atoms with Crippen LogP contribution in [0, 0.1) is 5.92 Å². The Hall–Kier alpha value is -1.43. The zero-order chi connectivity index (χ0) is 18.4. The smallest absolute Gasteiger partial charge is 0.251 e. The highest BCUT2D eigenvalue weighted by Crippen LogP contribution is 2.26. The molecule has 0 radical (unpaired) electrons. The van der Waals surface area contributed by atoms with E-state index >= 15 is 0 Å². The van der Waals surface area contributed by atoms with Crippen molar-refractivity contribution in [3.8, 4) is 0 Å². The maximum absolute atomic E-state index is 12.6. The third-order valence-corrected chi connectivity index (χ3v) is 6.01. The molecular weight excluding hydrogens is 324 g/mol. The fraction of sp³-hybridized carbons (Fsp3) is 0.667. The quantitative estimate of drug-likeness (QED) is 0.817. The average Bonchev–Trinajstić information content (AvgIpc) is 2.69. The molecule has 1 aromatic rings. The Labute approximate surface area is 157 Å². The Balaban J connectivity index is 1.52. The van der Waals surface area contributed by atoms with Crippen LogP contribution in [0.1, 0.15) is 48.0 Å². The van der Waals surface area contributed by atoms with Crippen molar-refractivity contribution >= 4 is 5.91 Å². The zero-order valence-corrected chi connectivity index (χ0v) is 16.1. The van der Waals surface area contributed by atoms with Gasteiger partial charge in [-0.2, -0.15) is 0 Å². The van der Waals surface area contributed by atoms with Gasteiger partial charge in [0.15, 0.2) is 0 Å². The second-order valence-electron chi connectivity index (χ2n) is 7.99. The largest absolute Gasteiger partial charge is 0.348 e. The third kappa shape index (κ3) is 5.29. The number of hydrogen-bond acceptors (Lipinski definition) is 4. The van der Waals surface area contributed by atoms with E-state index in [1.54, 1.807) is 0 Å². The molecule has 1 aliphatic heterocycles. The number of likely N-dealkylation sites (N-methyl/N-ethyl adjacent to an activating group) is 1. The second-order valence-corrected chi connectivity index (χ2v) is 7.99. The molecule has 26 heavy (non-hydrogen) atoms. The standard InChI is InChI=1S/C21H34N4O/c1-24-11-13-25(14-12-24)16-17-7-9-19(10-8-17)21(26)23-20(15-22)18-5-3-2-4-6-18/h7-10,18,20H,2-6,11-16,22H2,1H3,(H,23,26). The van der Waals surface area contributed by atoms with Gasteiger partial charge in [0.1, 0.15) is 0 Å². The number of nitrogens with zero attached hydrogens (tertiary/aromatic N) is 2. The van der Waals surface area contributed by atoms with Gasteiger partial charge in [-0.05, 0) is 43.5 Å². The van der Waals surface area contributed by atoms with Crippen LogP contribution < -0.4 is 11.1 Å². The molecule has 1 heterocycles. The summed E-state index contributed by atoms with van der Waals surface area (Å²) in [7, 11) is 2.17.